The van der Waals surface area contributed by atoms with E-state index in [9.17, 15) is 4.79 Å². The van der Waals surface area contributed by atoms with Gasteiger partial charge in [0.1, 0.15) is 23.9 Å². The number of benzene rings is 3. The van der Waals surface area contributed by atoms with Crippen LogP contribution in [0.3, 0.4) is 0 Å². The van der Waals surface area contributed by atoms with Gasteiger partial charge in [0, 0.05) is 5.56 Å². The van der Waals surface area contributed by atoms with Crippen molar-refractivity contribution in [3.63, 3.8) is 0 Å². The van der Waals surface area contributed by atoms with Crippen LogP contribution in [0.25, 0.3) is 11.3 Å². The van der Waals surface area contributed by atoms with Gasteiger partial charge in [-0.15, -0.1) is 0 Å². The zero-order valence-electron chi connectivity index (χ0n) is 16.8. The second-order valence-corrected chi connectivity index (χ2v) is 7.56. The molecule has 0 saturated carbocycles. The molecule has 0 radical (unpaired) electrons. The van der Waals surface area contributed by atoms with Gasteiger partial charge in [0.05, 0.1) is 21.8 Å². The predicted octanol–water partition coefficient (Wildman–Crippen LogP) is 6.60. The molecule has 7 heteroatoms. The van der Waals surface area contributed by atoms with E-state index in [2.05, 4.69) is 10.5 Å². The van der Waals surface area contributed by atoms with Crippen LogP contribution < -0.4 is 10.2 Å². The van der Waals surface area contributed by atoms with Crippen LogP contribution in [0, 0.1) is 0 Å². The highest BCUT2D eigenvalue weighted by Crippen LogP contribution is 2.34. The van der Waals surface area contributed by atoms with E-state index in [1.54, 1.807) is 42.5 Å². The molecule has 4 rings (SSSR count). The first-order valence-corrected chi connectivity index (χ1v) is 10.5. The second-order valence-electron chi connectivity index (χ2n) is 6.77. The molecule has 1 heterocycles. The Morgan fingerprint density at radius 3 is 2.56 bits per heavy atom. The molecule has 5 nitrogen and oxygen atoms in total. The topological polar surface area (TPSA) is 63.8 Å². The van der Waals surface area contributed by atoms with Crippen LogP contribution in [0.4, 0.5) is 0 Å². The molecule has 1 N–H and O–H groups in total. The fraction of sp³-hybridized carbons (Fsp3) is 0.0400. The van der Waals surface area contributed by atoms with Gasteiger partial charge in [0.15, 0.2) is 0 Å². The first kappa shape index (κ1) is 21.7. The summed E-state index contributed by atoms with van der Waals surface area (Å²) in [6.45, 7) is 0.357. The Kier molecular flexibility index (Phi) is 6.90. The second kappa shape index (κ2) is 10.2. The van der Waals surface area contributed by atoms with Crippen molar-refractivity contribution >= 4 is 35.3 Å². The van der Waals surface area contributed by atoms with Gasteiger partial charge in [-0.05, 0) is 42.0 Å². The van der Waals surface area contributed by atoms with Crippen molar-refractivity contribution in [2.45, 2.75) is 6.61 Å². The molecule has 0 aliphatic rings. The SMILES string of the molecule is O=C(N/N=C/c1ccc(-c2cccc(Cl)c2Cl)o1)c1ccccc1OCc1ccccc1. The number of carbonyl (C=O) groups is 1. The molecule has 0 fully saturated rings. The highest BCUT2D eigenvalue weighted by Gasteiger charge is 2.12. The van der Waals surface area contributed by atoms with Crippen molar-refractivity contribution in [3.8, 4) is 17.1 Å². The highest BCUT2D eigenvalue weighted by molar-refractivity contribution is 6.43. The third kappa shape index (κ3) is 5.19. The Morgan fingerprint density at radius 2 is 1.72 bits per heavy atom. The average Bonchev–Trinajstić information content (AvgIpc) is 3.29. The van der Waals surface area contributed by atoms with Crippen molar-refractivity contribution in [3.05, 3.63) is 112 Å². The minimum atomic E-state index is -0.394. The molecule has 0 saturated heterocycles. The number of halogens is 2. The fourth-order valence-electron chi connectivity index (χ4n) is 2.99. The van der Waals surface area contributed by atoms with Crippen LogP contribution in [0.5, 0.6) is 5.75 Å². The largest absolute Gasteiger partial charge is 0.488 e. The van der Waals surface area contributed by atoms with E-state index in [0.717, 1.165) is 5.56 Å². The number of nitrogens with one attached hydrogen (secondary N) is 1. The maximum atomic E-state index is 12.6. The quantitative estimate of drug-likeness (QED) is 0.247. The van der Waals surface area contributed by atoms with E-state index >= 15 is 0 Å². The summed E-state index contributed by atoms with van der Waals surface area (Å²) in [5.41, 5.74) is 4.56. The number of ether oxygens (including phenoxy) is 1. The predicted molar refractivity (Wildman–Crippen MR) is 126 cm³/mol. The molecule has 4 aromatic rings. The smallest absolute Gasteiger partial charge is 0.275 e. The number of amides is 1. The van der Waals surface area contributed by atoms with E-state index < -0.39 is 5.91 Å². The number of para-hydroxylation sites is 1. The first-order valence-electron chi connectivity index (χ1n) is 9.75. The standard InChI is InChI=1S/C25H18Cl2N2O3/c26-21-11-6-10-19(24(21)27)23-14-13-18(32-23)15-28-29-25(30)20-9-4-5-12-22(20)31-16-17-7-2-1-3-8-17/h1-15H,16H2,(H,29,30)/b28-15+. The Hall–Kier alpha value is -3.54. The van der Waals surface area contributed by atoms with Crippen LogP contribution in [0.1, 0.15) is 21.7 Å². The molecule has 0 aliphatic carbocycles. The Labute approximate surface area is 195 Å². The van der Waals surface area contributed by atoms with Gasteiger partial charge in [-0.3, -0.25) is 4.79 Å². The zero-order valence-corrected chi connectivity index (χ0v) is 18.3. The maximum absolute atomic E-state index is 12.6. The van der Waals surface area contributed by atoms with Crippen molar-refractivity contribution in [1.82, 2.24) is 5.43 Å². The third-order valence-corrected chi connectivity index (χ3v) is 5.39. The Bertz CT molecular complexity index is 1250. The fourth-order valence-corrected chi connectivity index (χ4v) is 3.38. The van der Waals surface area contributed by atoms with Crippen molar-refractivity contribution in [1.29, 1.82) is 0 Å². The van der Waals surface area contributed by atoms with Gasteiger partial charge in [-0.25, -0.2) is 5.43 Å². The van der Waals surface area contributed by atoms with Gasteiger partial charge in [0.2, 0.25) is 0 Å². The zero-order chi connectivity index (χ0) is 22.3. The molecular formula is C25H18Cl2N2O3. The average molecular weight is 465 g/mol. The first-order chi connectivity index (χ1) is 15.6. The maximum Gasteiger partial charge on any atom is 0.275 e. The van der Waals surface area contributed by atoms with Crippen LogP contribution in [0.15, 0.2) is 94.4 Å². The molecule has 0 aliphatic heterocycles. The lowest BCUT2D eigenvalue weighted by Crippen LogP contribution is -2.18. The summed E-state index contributed by atoms with van der Waals surface area (Å²) in [4.78, 5) is 12.6. The lowest BCUT2D eigenvalue weighted by Gasteiger charge is -2.10. The van der Waals surface area contributed by atoms with Crippen LogP contribution in [-0.2, 0) is 6.61 Å². The number of rotatable bonds is 7. The molecule has 0 bridgehead atoms. The number of nitrogens with zero attached hydrogens (tertiary/aromatic N) is 1. The summed E-state index contributed by atoms with van der Waals surface area (Å²) in [5.74, 6) is 1.07. The monoisotopic (exact) mass is 464 g/mol. The summed E-state index contributed by atoms with van der Waals surface area (Å²) >= 11 is 12.3. The number of hydrazone groups is 1. The van der Waals surface area contributed by atoms with E-state index in [4.69, 9.17) is 32.4 Å². The van der Waals surface area contributed by atoms with Crippen LogP contribution in [0.2, 0.25) is 10.0 Å². The lowest BCUT2D eigenvalue weighted by atomic mass is 10.2. The van der Waals surface area contributed by atoms with Gasteiger partial charge in [-0.1, -0.05) is 71.7 Å². The van der Waals surface area contributed by atoms with Gasteiger partial charge >= 0.3 is 0 Å². The summed E-state index contributed by atoms with van der Waals surface area (Å²) in [6.07, 6.45) is 1.41. The normalized spacial score (nSPS) is 10.9. The van der Waals surface area contributed by atoms with Crippen molar-refractivity contribution in [2.24, 2.45) is 5.10 Å². The van der Waals surface area contributed by atoms with Gasteiger partial charge in [0.25, 0.3) is 5.91 Å². The Balaban J connectivity index is 1.41. The van der Waals surface area contributed by atoms with Crippen LogP contribution in [-0.4, -0.2) is 12.1 Å². The van der Waals surface area contributed by atoms with E-state index in [0.29, 0.717) is 45.0 Å². The van der Waals surface area contributed by atoms with Crippen molar-refractivity contribution in [2.75, 3.05) is 0 Å². The van der Waals surface area contributed by atoms with E-state index in [1.807, 2.05) is 42.5 Å². The number of hydrogen-bond acceptors (Lipinski definition) is 4. The van der Waals surface area contributed by atoms with Crippen molar-refractivity contribution < 1.29 is 13.9 Å². The summed E-state index contributed by atoms with van der Waals surface area (Å²) < 4.78 is 11.6. The third-order valence-electron chi connectivity index (χ3n) is 4.57. The number of carbonyl (C=O) groups excluding carboxylic acids is 1. The Morgan fingerprint density at radius 1 is 0.938 bits per heavy atom. The molecule has 3 aromatic carbocycles. The summed E-state index contributed by atoms with van der Waals surface area (Å²) in [7, 11) is 0. The minimum absolute atomic E-state index is 0.357. The van der Waals surface area contributed by atoms with Gasteiger partial charge in [-0.2, -0.15) is 5.10 Å². The molecule has 1 amide bonds. The molecule has 0 atom stereocenters. The molecule has 160 valence electrons. The minimum Gasteiger partial charge on any atom is -0.488 e. The molecular weight excluding hydrogens is 447 g/mol. The highest BCUT2D eigenvalue weighted by atomic mass is 35.5. The van der Waals surface area contributed by atoms with E-state index in [-0.39, 0.29) is 0 Å². The molecule has 0 spiro atoms. The van der Waals surface area contributed by atoms with E-state index in [1.165, 1.54) is 6.21 Å². The van der Waals surface area contributed by atoms with Crippen LogP contribution >= 0.6 is 23.2 Å². The molecule has 32 heavy (non-hydrogen) atoms. The molecule has 0 unspecified atom stereocenters. The summed E-state index contributed by atoms with van der Waals surface area (Å²) in [5, 5.41) is 4.84. The lowest BCUT2D eigenvalue weighted by molar-refractivity contribution is 0.0950. The number of hydrogen-bond donors (Lipinski definition) is 1. The molecule has 1 aromatic heterocycles. The van der Waals surface area contributed by atoms with Gasteiger partial charge < -0.3 is 9.15 Å². The summed E-state index contributed by atoms with van der Waals surface area (Å²) in [6, 6.07) is 25.5. The number of furan rings is 1.